The van der Waals surface area contributed by atoms with Crippen LogP contribution >= 0.6 is 22.9 Å². The second-order valence-corrected chi connectivity index (χ2v) is 7.84. The molecule has 0 bridgehead atoms. The normalized spacial score (nSPS) is 10.7. The first-order valence-corrected chi connectivity index (χ1v) is 10.9. The van der Waals surface area contributed by atoms with E-state index in [-0.39, 0.29) is 12.5 Å². The molecule has 0 fully saturated rings. The lowest BCUT2D eigenvalue weighted by atomic mass is 10.2. The van der Waals surface area contributed by atoms with Gasteiger partial charge in [-0.15, -0.1) is 11.3 Å². The molecule has 1 aromatic heterocycles. The number of nitrogens with zero attached hydrogens (tertiary/aromatic N) is 2. The van der Waals surface area contributed by atoms with Crippen molar-refractivity contribution in [2.45, 2.75) is 13.5 Å². The number of anilines is 2. The topological polar surface area (TPSA) is 68.7 Å². The van der Waals surface area contributed by atoms with Crippen LogP contribution in [-0.4, -0.2) is 23.5 Å². The highest BCUT2D eigenvalue weighted by Gasteiger charge is 2.18. The second kappa shape index (κ2) is 11.3. The summed E-state index contributed by atoms with van der Waals surface area (Å²) in [5, 5.41) is 2.74. The summed E-state index contributed by atoms with van der Waals surface area (Å²) in [6, 6.07) is 14.2. The minimum absolute atomic E-state index is 0.00467. The molecule has 3 rings (SSSR count). The van der Waals surface area contributed by atoms with Crippen LogP contribution in [0.2, 0.25) is 5.02 Å². The molecular weight excluding hydrogens is 448 g/mol. The van der Waals surface area contributed by atoms with Crippen LogP contribution in [0, 0.1) is 0 Å². The Kier molecular flexibility index (Phi) is 8.19. The quantitative estimate of drug-likeness (QED) is 0.225. The van der Waals surface area contributed by atoms with Gasteiger partial charge in [-0.3, -0.25) is 9.69 Å². The fourth-order valence-corrected chi connectivity index (χ4v) is 3.75. The average Bonchev–Trinajstić information content (AvgIpc) is 3.24. The van der Waals surface area contributed by atoms with Crippen molar-refractivity contribution in [1.29, 1.82) is 0 Å². The van der Waals surface area contributed by atoms with E-state index in [1.807, 2.05) is 24.3 Å². The lowest BCUT2D eigenvalue weighted by Gasteiger charge is -2.18. The van der Waals surface area contributed by atoms with Crippen LogP contribution in [-0.2, 0) is 20.9 Å². The zero-order valence-corrected chi connectivity index (χ0v) is 18.9. The number of carbonyl (C=O) groups excluding carboxylic acids is 2. The molecule has 3 aromatic rings. The minimum atomic E-state index is -0.496. The number of hydrogen-bond acceptors (Lipinski definition) is 6. The summed E-state index contributed by atoms with van der Waals surface area (Å²) in [5.41, 5.74) is 2.00. The molecule has 0 spiro atoms. The Morgan fingerprint density at radius 1 is 1.22 bits per heavy atom. The highest BCUT2D eigenvalue weighted by molar-refractivity contribution is 7.14. The molecule has 1 heterocycles. The maximum atomic E-state index is 12.2. The van der Waals surface area contributed by atoms with E-state index in [0.717, 1.165) is 11.3 Å². The van der Waals surface area contributed by atoms with Gasteiger partial charge in [-0.2, -0.15) is 0 Å². The molecule has 8 heteroatoms. The van der Waals surface area contributed by atoms with Gasteiger partial charge in [-0.05, 0) is 42.0 Å². The monoisotopic (exact) mass is 468 g/mol. The van der Waals surface area contributed by atoms with Crippen molar-refractivity contribution in [3.8, 4) is 5.75 Å². The largest absolute Gasteiger partial charge is 0.490 e. The maximum Gasteiger partial charge on any atom is 0.331 e. The zero-order valence-electron chi connectivity index (χ0n) is 17.4. The van der Waals surface area contributed by atoms with Gasteiger partial charge in [0, 0.05) is 23.4 Å². The van der Waals surface area contributed by atoms with Crippen molar-refractivity contribution in [3.05, 3.63) is 88.9 Å². The molecule has 0 saturated heterocycles. The summed E-state index contributed by atoms with van der Waals surface area (Å²) >= 11 is 7.32. The summed E-state index contributed by atoms with van der Waals surface area (Å²) in [5.74, 6) is 0.0279. The van der Waals surface area contributed by atoms with E-state index in [1.54, 1.807) is 41.8 Å². The summed E-state index contributed by atoms with van der Waals surface area (Å²) in [7, 11) is 0. The number of ether oxygens (including phenoxy) is 2. The van der Waals surface area contributed by atoms with Crippen molar-refractivity contribution in [1.82, 2.24) is 4.98 Å². The number of amides is 1. The third-order valence-corrected chi connectivity index (χ3v) is 5.24. The van der Waals surface area contributed by atoms with Crippen molar-refractivity contribution in [2.24, 2.45) is 0 Å². The first-order valence-electron chi connectivity index (χ1n) is 9.65. The molecule has 2 aromatic carbocycles. The summed E-state index contributed by atoms with van der Waals surface area (Å²) in [6.07, 6.45) is 4.67. The fourth-order valence-electron chi connectivity index (χ4n) is 2.70. The number of carbonyl (C=O) groups is 2. The Morgan fingerprint density at radius 3 is 2.69 bits per heavy atom. The molecule has 0 N–H and O–H groups in total. The van der Waals surface area contributed by atoms with Gasteiger partial charge in [0.2, 0.25) is 5.91 Å². The number of benzene rings is 2. The molecule has 32 heavy (non-hydrogen) atoms. The van der Waals surface area contributed by atoms with Crippen molar-refractivity contribution in [3.63, 3.8) is 0 Å². The van der Waals surface area contributed by atoms with Crippen LogP contribution in [0.1, 0.15) is 18.2 Å². The lowest BCUT2D eigenvalue weighted by Crippen LogP contribution is -2.22. The van der Waals surface area contributed by atoms with Crippen LogP contribution in [0.3, 0.4) is 0 Å². The SMILES string of the molecule is C=CCOc1ccc(/C=C/C(=O)OCc2csc(N(C(C)=O)c3cccc(Cl)c3)n2)cc1. The molecule has 164 valence electrons. The van der Waals surface area contributed by atoms with Gasteiger partial charge >= 0.3 is 5.97 Å². The van der Waals surface area contributed by atoms with Gasteiger partial charge in [0.1, 0.15) is 19.0 Å². The molecule has 0 aliphatic heterocycles. The molecule has 6 nitrogen and oxygen atoms in total. The van der Waals surface area contributed by atoms with E-state index < -0.39 is 5.97 Å². The van der Waals surface area contributed by atoms with Gasteiger partial charge in [0.15, 0.2) is 5.13 Å². The van der Waals surface area contributed by atoms with Gasteiger partial charge in [-0.25, -0.2) is 9.78 Å². The number of thiazole rings is 1. The third-order valence-electron chi connectivity index (χ3n) is 4.13. The van der Waals surface area contributed by atoms with Crippen LogP contribution in [0.5, 0.6) is 5.75 Å². The molecule has 0 radical (unpaired) electrons. The van der Waals surface area contributed by atoms with Gasteiger partial charge in [0.25, 0.3) is 0 Å². The third kappa shape index (κ3) is 6.54. The van der Waals surface area contributed by atoms with Gasteiger partial charge in [0.05, 0.1) is 11.4 Å². The number of aromatic nitrogens is 1. The van der Waals surface area contributed by atoms with E-state index >= 15 is 0 Å². The molecular formula is C24H21ClN2O4S. The highest BCUT2D eigenvalue weighted by atomic mass is 35.5. The highest BCUT2D eigenvalue weighted by Crippen LogP contribution is 2.30. The predicted octanol–water partition coefficient (Wildman–Crippen LogP) is 5.80. The van der Waals surface area contributed by atoms with Crippen molar-refractivity contribution >= 4 is 51.7 Å². The molecule has 0 aliphatic carbocycles. The Labute approximate surface area is 195 Å². The van der Waals surface area contributed by atoms with E-state index in [2.05, 4.69) is 11.6 Å². The maximum absolute atomic E-state index is 12.2. The molecule has 1 amide bonds. The summed E-state index contributed by atoms with van der Waals surface area (Å²) in [4.78, 5) is 30.1. The predicted molar refractivity (Wildman–Crippen MR) is 127 cm³/mol. The standard InChI is InChI=1S/C24H21ClN2O4S/c1-3-13-30-22-10-7-18(8-11-22)9-12-23(29)31-15-20-16-32-24(26-20)27(17(2)28)21-6-4-5-19(25)14-21/h3-12,14,16H,1,13,15H2,2H3/b12-9+. The van der Waals surface area contributed by atoms with E-state index in [1.165, 1.54) is 29.2 Å². The fraction of sp³-hybridized carbons (Fsp3) is 0.125. The zero-order chi connectivity index (χ0) is 22.9. The first kappa shape index (κ1) is 23.2. The Balaban J connectivity index is 1.58. The molecule has 0 aliphatic rings. The van der Waals surface area contributed by atoms with E-state index in [0.29, 0.717) is 28.1 Å². The number of esters is 1. The van der Waals surface area contributed by atoms with Crippen LogP contribution < -0.4 is 9.64 Å². The minimum Gasteiger partial charge on any atom is -0.490 e. The van der Waals surface area contributed by atoms with E-state index in [4.69, 9.17) is 21.1 Å². The molecule has 0 saturated carbocycles. The average molecular weight is 469 g/mol. The van der Waals surface area contributed by atoms with Crippen LogP contribution in [0.4, 0.5) is 10.8 Å². The lowest BCUT2D eigenvalue weighted by molar-refractivity contribution is -0.139. The summed E-state index contributed by atoms with van der Waals surface area (Å²) < 4.78 is 10.7. The molecule has 0 atom stereocenters. The van der Waals surface area contributed by atoms with Crippen LogP contribution in [0.25, 0.3) is 6.08 Å². The van der Waals surface area contributed by atoms with E-state index in [9.17, 15) is 9.59 Å². The number of rotatable bonds is 9. The van der Waals surface area contributed by atoms with Crippen molar-refractivity contribution < 1.29 is 19.1 Å². The Hall–Kier alpha value is -3.42. The smallest absolute Gasteiger partial charge is 0.331 e. The Morgan fingerprint density at radius 2 is 2.00 bits per heavy atom. The van der Waals surface area contributed by atoms with Crippen LogP contribution in [0.15, 0.2) is 72.6 Å². The molecule has 0 unspecified atom stereocenters. The second-order valence-electron chi connectivity index (χ2n) is 6.57. The van der Waals surface area contributed by atoms with Gasteiger partial charge < -0.3 is 9.47 Å². The summed E-state index contributed by atoms with van der Waals surface area (Å²) in [6.45, 7) is 5.48. The number of halogens is 1. The Bertz CT molecular complexity index is 1130. The van der Waals surface area contributed by atoms with Gasteiger partial charge in [-0.1, -0.05) is 42.5 Å². The number of hydrogen-bond donors (Lipinski definition) is 0. The van der Waals surface area contributed by atoms with Crippen molar-refractivity contribution in [2.75, 3.05) is 11.5 Å². The first-order chi connectivity index (χ1) is 15.5.